The normalized spacial score (nSPS) is 25.2. The highest BCUT2D eigenvalue weighted by Gasteiger charge is 2.41. The van der Waals surface area contributed by atoms with Gasteiger partial charge in [-0.3, -0.25) is 9.59 Å². The van der Waals surface area contributed by atoms with Crippen molar-refractivity contribution in [2.75, 3.05) is 12.4 Å². The van der Waals surface area contributed by atoms with E-state index in [9.17, 15) is 14.7 Å². The molecule has 3 atom stereocenters. The molecule has 1 aliphatic rings. The van der Waals surface area contributed by atoms with Gasteiger partial charge >= 0.3 is 5.97 Å². The lowest BCUT2D eigenvalue weighted by Gasteiger charge is -2.15. The molecule has 0 saturated heterocycles. The molecule has 108 valence electrons. The van der Waals surface area contributed by atoms with Crippen molar-refractivity contribution in [1.82, 2.24) is 0 Å². The number of anilines is 1. The first kappa shape index (κ1) is 14.4. The van der Waals surface area contributed by atoms with E-state index in [1.54, 1.807) is 31.4 Å². The van der Waals surface area contributed by atoms with E-state index in [4.69, 9.17) is 4.74 Å². The number of carbonyl (C=O) groups is 2. The van der Waals surface area contributed by atoms with Gasteiger partial charge in [0.25, 0.3) is 0 Å². The number of benzene rings is 1. The summed E-state index contributed by atoms with van der Waals surface area (Å²) in [5, 5.41) is 12.0. The van der Waals surface area contributed by atoms with Gasteiger partial charge in [-0.15, -0.1) is 0 Å². The topological polar surface area (TPSA) is 75.6 Å². The van der Waals surface area contributed by atoms with E-state index in [0.29, 0.717) is 24.3 Å². The number of amides is 1. The van der Waals surface area contributed by atoms with Gasteiger partial charge < -0.3 is 15.2 Å². The summed E-state index contributed by atoms with van der Waals surface area (Å²) >= 11 is 0. The minimum Gasteiger partial charge on any atom is -0.497 e. The molecule has 3 unspecified atom stereocenters. The van der Waals surface area contributed by atoms with Crippen molar-refractivity contribution in [3.8, 4) is 5.75 Å². The Morgan fingerprint density at radius 2 is 2.00 bits per heavy atom. The zero-order valence-corrected chi connectivity index (χ0v) is 11.6. The third-order valence-electron chi connectivity index (χ3n) is 3.79. The van der Waals surface area contributed by atoms with Crippen molar-refractivity contribution < 1.29 is 19.4 Å². The molecular formula is C15H19NO4. The minimum atomic E-state index is -0.889. The second-order valence-corrected chi connectivity index (χ2v) is 5.35. The number of methoxy groups -OCH3 is 1. The molecular weight excluding hydrogens is 258 g/mol. The molecule has 0 bridgehead atoms. The maximum absolute atomic E-state index is 12.3. The monoisotopic (exact) mass is 277 g/mol. The van der Waals surface area contributed by atoms with Crippen LogP contribution in [0.4, 0.5) is 5.69 Å². The van der Waals surface area contributed by atoms with Gasteiger partial charge in [0.15, 0.2) is 0 Å². The zero-order valence-electron chi connectivity index (χ0n) is 11.6. The molecule has 1 aromatic rings. The van der Waals surface area contributed by atoms with E-state index in [1.165, 1.54) is 0 Å². The van der Waals surface area contributed by atoms with E-state index < -0.39 is 17.8 Å². The predicted molar refractivity (Wildman–Crippen MR) is 74.6 cm³/mol. The molecule has 2 N–H and O–H groups in total. The zero-order chi connectivity index (χ0) is 14.7. The predicted octanol–water partition coefficient (Wildman–Crippen LogP) is 2.38. The van der Waals surface area contributed by atoms with Crippen molar-refractivity contribution in [3.05, 3.63) is 24.3 Å². The Bertz CT molecular complexity index is 514. The smallest absolute Gasteiger partial charge is 0.307 e. The third-order valence-corrected chi connectivity index (χ3v) is 3.79. The fraction of sp³-hybridized carbons (Fsp3) is 0.467. The summed E-state index contributed by atoms with van der Waals surface area (Å²) in [6.07, 6.45) is 1.18. The average Bonchev–Trinajstić information content (AvgIpc) is 2.81. The number of hydrogen-bond acceptors (Lipinski definition) is 3. The Labute approximate surface area is 117 Å². The quantitative estimate of drug-likeness (QED) is 0.886. The van der Waals surface area contributed by atoms with Gasteiger partial charge in [0, 0.05) is 11.8 Å². The van der Waals surface area contributed by atoms with E-state index in [2.05, 4.69) is 5.32 Å². The van der Waals surface area contributed by atoms with Crippen LogP contribution in [0.3, 0.4) is 0 Å². The van der Waals surface area contributed by atoms with Crippen LogP contribution in [0.5, 0.6) is 5.75 Å². The summed E-state index contributed by atoms with van der Waals surface area (Å²) in [4.78, 5) is 23.5. The van der Waals surface area contributed by atoms with Crippen LogP contribution in [0, 0.1) is 17.8 Å². The maximum Gasteiger partial charge on any atom is 0.307 e. The molecule has 1 aromatic carbocycles. The molecule has 1 aliphatic carbocycles. The average molecular weight is 277 g/mol. The first-order chi connectivity index (χ1) is 9.51. The summed E-state index contributed by atoms with van der Waals surface area (Å²) in [6.45, 7) is 1.98. The Morgan fingerprint density at radius 1 is 1.30 bits per heavy atom. The Hall–Kier alpha value is -2.04. The van der Waals surface area contributed by atoms with E-state index in [0.717, 1.165) is 0 Å². The number of carboxylic acid groups (broad SMARTS) is 1. The van der Waals surface area contributed by atoms with E-state index in [-0.39, 0.29) is 11.8 Å². The fourth-order valence-corrected chi connectivity index (χ4v) is 2.79. The van der Waals surface area contributed by atoms with Gasteiger partial charge in [-0.1, -0.05) is 13.0 Å². The summed E-state index contributed by atoms with van der Waals surface area (Å²) in [5.41, 5.74) is 0.623. The largest absolute Gasteiger partial charge is 0.497 e. The Morgan fingerprint density at radius 3 is 2.65 bits per heavy atom. The molecule has 1 amide bonds. The van der Waals surface area contributed by atoms with E-state index in [1.807, 2.05) is 6.92 Å². The highest BCUT2D eigenvalue weighted by Crippen LogP contribution is 2.37. The van der Waals surface area contributed by atoms with Crippen molar-refractivity contribution >= 4 is 17.6 Å². The number of carboxylic acids is 1. The van der Waals surface area contributed by atoms with Crippen LogP contribution in [-0.2, 0) is 9.59 Å². The van der Waals surface area contributed by atoms with Crippen LogP contribution >= 0.6 is 0 Å². The summed E-state index contributed by atoms with van der Waals surface area (Å²) < 4.78 is 5.09. The van der Waals surface area contributed by atoms with Crippen LogP contribution in [0.2, 0.25) is 0 Å². The number of ether oxygens (including phenoxy) is 1. The van der Waals surface area contributed by atoms with Crippen LogP contribution in [0.25, 0.3) is 0 Å². The number of hydrogen-bond donors (Lipinski definition) is 2. The number of nitrogens with one attached hydrogen (secondary N) is 1. The second kappa shape index (κ2) is 5.94. The molecule has 2 rings (SSSR count). The van der Waals surface area contributed by atoms with Gasteiger partial charge in [0.05, 0.1) is 18.9 Å². The van der Waals surface area contributed by atoms with Gasteiger partial charge in [0.2, 0.25) is 5.91 Å². The highest BCUT2D eigenvalue weighted by molar-refractivity contribution is 5.95. The van der Waals surface area contributed by atoms with Crippen molar-refractivity contribution in [2.24, 2.45) is 17.8 Å². The molecule has 20 heavy (non-hydrogen) atoms. The summed E-state index contributed by atoms with van der Waals surface area (Å²) in [5.74, 6) is -1.26. The lowest BCUT2D eigenvalue weighted by atomic mass is 9.95. The first-order valence-corrected chi connectivity index (χ1v) is 6.69. The first-order valence-electron chi connectivity index (χ1n) is 6.69. The molecule has 0 radical (unpaired) electrons. The fourth-order valence-electron chi connectivity index (χ4n) is 2.79. The van der Waals surface area contributed by atoms with Crippen LogP contribution in [0.1, 0.15) is 19.8 Å². The van der Waals surface area contributed by atoms with Crippen molar-refractivity contribution in [1.29, 1.82) is 0 Å². The second-order valence-electron chi connectivity index (χ2n) is 5.35. The molecule has 1 saturated carbocycles. The molecule has 1 fully saturated rings. The molecule has 0 spiro atoms. The standard InChI is InChI=1S/C15H19NO4/c1-9-6-12(13(7-9)15(18)19)14(17)16-10-4-3-5-11(8-10)20-2/h3-5,8-9,12-13H,6-7H2,1-2H3,(H,16,17)(H,18,19). The third kappa shape index (κ3) is 3.10. The highest BCUT2D eigenvalue weighted by atomic mass is 16.5. The number of aliphatic carboxylic acids is 1. The molecule has 0 heterocycles. The summed E-state index contributed by atoms with van der Waals surface area (Å²) in [7, 11) is 1.56. The van der Waals surface area contributed by atoms with Gasteiger partial charge in [-0.25, -0.2) is 0 Å². The minimum absolute atomic E-state index is 0.227. The number of rotatable bonds is 4. The van der Waals surface area contributed by atoms with Gasteiger partial charge in [-0.05, 0) is 30.9 Å². The van der Waals surface area contributed by atoms with Crippen LogP contribution in [0.15, 0.2) is 24.3 Å². The lowest BCUT2D eigenvalue weighted by Crippen LogP contribution is -2.29. The van der Waals surface area contributed by atoms with Crippen molar-refractivity contribution in [2.45, 2.75) is 19.8 Å². The molecule has 0 aliphatic heterocycles. The van der Waals surface area contributed by atoms with Crippen molar-refractivity contribution in [3.63, 3.8) is 0 Å². The lowest BCUT2D eigenvalue weighted by molar-refractivity contribution is -0.145. The number of carbonyl (C=O) groups excluding carboxylic acids is 1. The molecule has 0 aromatic heterocycles. The van der Waals surface area contributed by atoms with E-state index >= 15 is 0 Å². The Balaban J connectivity index is 2.09. The Kier molecular flexibility index (Phi) is 4.27. The maximum atomic E-state index is 12.3. The van der Waals surface area contributed by atoms with Crippen LogP contribution in [-0.4, -0.2) is 24.1 Å². The van der Waals surface area contributed by atoms with Gasteiger partial charge in [-0.2, -0.15) is 0 Å². The molecule has 5 nitrogen and oxygen atoms in total. The molecule has 5 heteroatoms. The SMILES string of the molecule is COc1cccc(NC(=O)C2CC(C)CC2C(=O)O)c1. The summed E-state index contributed by atoms with van der Waals surface area (Å²) in [6, 6.07) is 7.04. The van der Waals surface area contributed by atoms with Gasteiger partial charge in [0.1, 0.15) is 5.75 Å². The van der Waals surface area contributed by atoms with Crippen LogP contribution < -0.4 is 10.1 Å².